The Labute approximate surface area is 65.3 Å². The average Bonchev–Trinajstić information content (AvgIpc) is 2.58. The second-order valence-corrected chi connectivity index (χ2v) is 2.14. The second-order valence-electron chi connectivity index (χ2n) is 2.14. The second kappa shape index (κ2) is 2.29. The minimum absolute atomic E-state index is 0.221. The molecule has 12 heavy (non-hydrogen) atoms. The molecular weight excluding hydrogens is 164 g/mol. The predicted octanol–water partition coefficient (Wildman–Crippen LogP) is -0.279. The first-order valence-electron chi connectivity index (χ1n) is 3.13. The lowest BCUT2D eigenvalue weighted by Crippen LogP contribution is -1.95. The zero-order chi connectivity index (χ0) is 8.55. The van der Waals surface area contributed by atoms with Gasteiger partial charge in [-0.1, -0.05) is 10.3 Å². The molecule has 0 spiro atoms. The summed E-state index contributed by atoms with van der Waals surface area (Å²) in [6, 6.07) is 0. The van der Waals surface area contributed by atoms with E-state index in [1.807, 2.05) is 0 Å². The zero-order valence-electron chi connectivity index (χ0n) is 6.07. The van der Waals surface area contributed by atoms with Crippen molar-refractivity contribution >= 4 is 0 Å². The molecule has 0 radical (unpaired) electrons. The lowest BCUT2D eigenvalue weighted by molar-refractivity contribution is 0.305. The van der Waals surface area contributed by atoms with Gasteiger partial charge in [-0.3, -0.25) is 9.51 Å². The number of aromatic nitrogens is 4. The third-order valence-electron chi connectivity index (χ3n) is 1.32. The minimum Gasteiger partial charge on any atom is -0.296 e. The molecule has 1 N–H and O–H groups in total. The van der Waals surface area contributed by atoms with E-state index >= 15 is 0 Å². The summed E-state index contributed by atoms with van der Waals surface area (Å²) in [4.78, 5) is 12.9. The molecule has 0 aromatic carbocycles. The number of aromatic amines is 1. The largest absolute Gasteiger partial charge is 0.439 e. The molecule has 0 atom stereocenters. The van der Waals surface area contributed by atoms with Crippen molar-refractivity contribution in [2.24, 2.45) is 0 Å². The van der Waals surface area contributed by atoms with Crippen LogP contribution in [0.1, 0.15) is 5.69 Å². The third-order valence-corrected chi connectivity index (χ3v) is 1.32. The molecule has 7 nitrogen and oxygen atoms in total. The number of hydrogen-bond donors (Lipinski definition) is 1. The normalized spacial score (nSPS) is 10.4. The van der Waals surface area contributed by atoms with Crippen molar-refractivity contribution in [2.45, 2.75) is 6.92 Å². The van der Waals surface area contributed by atoms with Gasteiger partial charge < -0.3 is 0 Å². The van der Waals surface area contributed by atoms with Crippen molar-refractivity contribution < 1.29 is 9.15 Å². The van der Waals surface area contributed by atoms with Crippen molar-refractivity contribution in [3.63, 3.8) is 0 Å². The van der Waals surface area contributed by atoms with Crippen molar-refractivity contribution in [1.82, 2.24) is 20.5 Å². The van der Waals surface area contributed by atoms with Crippen LogP contribution in [0, 0.1) is 6.92 Å². The van der Waals surface area contributed by atoms with Gasteiger partial charge in [0.05, 0.1) is 0 Å². The summed E-state index contributed by atoms with van der Waals surface area (Å²) in [6.07, 6.45) is 0. The van der Waals surface area contributed by atoms with E-state index in [0.29, 0.717) is 11.4 Å². The van der Waals surface area contributed by atoms with Gasteiger partial charge in [0, 0.05) is 0 Å². The molecule has 0 aliphatic carbocycles. The average molecular weight is 168 g/mol. The van der Waals surface area contributed by atoms with E-state index in [1.165, 1.54) is 0 Å². The van der Waals surface area contributed by atoms with Gasteiger partial charge in [-0.15, -0.1) is 0 Å². The Balaban J connectivity index is 2.57. The monoisotopic (exact) mass is 168 g/mol. The van der Waals surface area contributed by atoms with Crippen LogP contribution in [0.5, 0.6) is 0 Å². The highest BCUT2D eigenvalue weighted by molar-refractivity contribution is 5.49. The highest BCUT2D eigenvalue weighted by Crippen LogP contribution is 2.12. The Kier molecular flexibility index (Phi) is 1.29. The standard InChI is InChI=1S/C5H4N4O3/c1-2-3(8-12-7-2)4-6-5(10)11-9-4/h1H3,(H,6,9,10). The van der Waals surface area contributed by atoms with Crippen LogP contribution in [0.15, 0.2) is 13.9 Å². The Morgan fingerprint density at radius 1 is 1.33 bits per heavy atom. The molecule has 0 aliphatic heterocycles. The van der Waals surface area contributed by atoms with Crippen LogP contribution in [-0.4, -0.2) is 20.5 Å². The van der Waals surface area contributed by atoms with Crippen LogP contribution >= 0.6 is 0 Å². The SMILES string of the molecule is Cc1nonc1-c1noc(=O)[nH]1. The fourth-order valence-corrected chi connectivity index (χ4v) is 0.778. The Morgan fingerprint density at radius 3 is 2.67 bits per heavy atom. The number of H-pyrrole nitrogens is 1. The predicted molar refractivity (Wildman–Crippen MR) is 35.2 cm³/mol. The van der Waals surface area contributed by atoms with E-state index < -0.39 is 5.76 Å². The van der Waals surface area contributed by atoms with E-state index in [-0.39, 0.29) is 5.82 Å². The molecular formula is C5H4N4O3. The molecule has 62 valence electrons. The molecule has 0 amide bonds. The van der Waals surface area contributed by atoms with Gasteiger partial charge in [0.2, 0.25) is 5.82 Å². The van der Waals surface area contributed by atoms with E-state index in [2.05, 4.69) is 29.6 Å². The summed E-state index contributed by atoms with van der Waals surface area (Å²) >= 11 is 0. The molecule has 2 aromatic rings. The van der Waals surface area contributed by atoms with E-state index in [4.69, 9.17) is 0 Å². The molecule has 0 saturated heterocycles. The lowest BCUT2D eigenvalue weighted by Gasteiger charge is -1.82. The van der Waals surface area contributed by atoms with E-state index in [9.17, 15) is 4.79 Å². The topological polar surface area (TPSA) is 97.8 Å². The van der Waals surface area contributed by atoms with Crippen LogP contribution in [0.2, 0.25) is 0 Å². The Morgan fingerprint density at radius 2 is 2.17 bits per heavy atom. The number of aryl methyl sites for hydroxylation is 1. The number of nitrogens with one attached hydrogen (secondary N) is 1. The molecule has 0 saturated carbocycles. The van der Waals surface area contributed by atoms with Crippen LogP contribution in [-0.2, 0) is 0 Å². The quantitative estimate of drug-likeness (QED) is 0.628. The molecule has 2 rings (SSSR count). The number of hydrogen-bond acceptors (Lipinski definition) is 6. The molecule has 2 aromatic heterocycles. The van der Waals surface area contributed by atoms with Gasteiger partial charge in [0.15, 0.2) is 5.69 Å². The first-order chi connectivity index (χ1) is 5.77. The first kappa shape index (κ1) is 6.77. The van der Waals surface area contributed by atoms with E-state index in [0.717, 1.165) is 0 Å². The van der Waals surface area contributed by atoms with Crippen LogP contribution < -0.4 is 5.76 Å². The van der Waals surface area contributed by atoms with Crippen molar-refractivity contribution in [3.05, 3.63) is 16.2 Å². The first-order valence-corrected chi connectivity index (χ1v) is 3.13. The lowest BCUT2D eigenvalue weighted by atomic mass is 10.3. The van der Waals surface area contributed by atoms with Crippen molar-refractivity contribution in [2.75, 3.05) is 0 Å². The molecule has 7 heteroatoms. The van der Waals surface area contributed by atoms with Gasteiger partial charge in [-0.05, 0) is 12.1 Å². The Bertz CT molecular complexity index is 439. The maximum absolute atomic E-state index is 10.5. The van der Waals surface area contributed by atoms with Gasteiger partial charge >= 0.3 is 5.76 Å². The van der Waals surface area contributed by atoms with Crippen molar-refractivity contribution in [3.8, 4) is 11.5 Å². The van der Waals surface area contributed by atoms with Gasteiger partial charge in [0.25, 0.3) is 0 Å². The summed E-state index contributed by atoms with van der Waals surface area (Å²) in [6.45, 7) is 1.68. The number of nitrogens with zero attached hydrogens (tertiary/aromatic N) is 3. The summed E-state index contributed by atoms with van der Waals surface area (Å²) in [5.41, 5.74) is 0.917. The zero-order valence-corrected chi connectivity index (χ0v) is 6.07. The summed E-state index contributed by atoms with van der Waals surface area (Å²) in [5.74, 6) is -0.411. The Hall–Kier alpha value is -1.92. The van der Waals surface area contributed by atoms with Gasteiger partial charge in [0.1, 0.15) is 5.69 Å². The molecule has 0 unspecified atom stereocenters. The smallest absolute Gasteiger partial charge is 0.296 e. The highest BCUT2D eigenvalue weighted by Gasteiger charge is 2.12. The summed E-state index contributed by atoms with van der Waals surface area (Å²) in [5, 5.41) is 10.4. The van der Waals surface area contributed by atoms with Crippen LogP contribution in [0.25, 0.3) is 11.5 Å². The molecule has 2 heterocycles. The summed E-state index contributed by atoms with van der Waals surface area (Å²) in [7, 11) is 0. The third kappa shape index (κ3) is 0.911. The summed E-state index contributed by atoms with van der Waals surface area (Å²) < 4.78 is 8.68. The maximum Gasteiger partial charge on any atom is 0.439 e. The van der Waals surface area contributed by atoms with E-state index in [1.54, 1.807) is 6.92 Å². The minimum atomic E-state index is -0.632. The van der Waals surface area contributed by atoms with Crippen LogP contribution in [0.4, 0.5) is 0 Å². The van der Waals surface area contributed by atoms with Crippen LogP contribution in [0.3, 0.4) is 0 Å². The fourth-order valence-electron chi connectivity index (χ4n) is 0.778. The van der Waals surface area contributed by atoms with Gasteiger partial charge in [-0.25, -0.2) is 9.42 Å². The highest BCUT2D eigenvalue weighted by atomic mass is 16.6. The fraction of sp³-hybridized carbons (Fsp3) is 0.200. The molecule has 0 fully saturated rings. The van der Waals surface area contributed by atoms with Crippen molar-refractivity contribution in [1.29, 1.82) is 0 Å². The maximum atomic E-state index is 10.5. The molecule has 0 bridgehead atoms. The number of rotatable bonds is 1. The van der Waals surface area contributed by atoms with Gasteiger partial charge in [-0.2, -0.15) is 0 Å². The molecule has 0 aliphatic rings.